The van der Waals surface area contributed by atoms with Crippen LogP contribution in [0.4, 0.5) is 5.69 Å². The summed E-state index contributed by atoms with van der Waals surface area (Å²) < 4.78 is 35.7. The van der Waals surface area contributed by atoms with Gasteiger partial charge in [0.1, 0.15) is 5.70 Å². The van der Waals surface area contributed by atoms with Crippen LogP contribution in [0.3, 0.4) is 0 Å². The van der Waals surface area contributed by atoms with Gasteiger partial charge in [-0.15, -0.1) is 0 Å². The summed E-state index contributed by atoms with van der Waals surface area (Å²) in [5.41, 5.74) is 0.293. The van der Waals surface area contributed by atoms with Crippen molar-refractivity contribution >= 4 is 27.6 Å². The Morgan fingerprint density at radius 2 is 1.73 bits per heavy atom. The first kappa shape index (κ1) is 19.9. The fourth-order valence-electron chi connectivity index (χ4n) is 2.33. The van der Waals surface area contributed by atoms with Crippen molar-refractivity contribution in [2.45, 2.75) is 4.90 Å². The van der Waals surface area contributed by atoms with E-state index in [0.717, 1.165) is 6.08 Å². The Bertz CT molecular complexity index is 783. The first-order chi connectivity index (χ1) is 12.4. The van der Waals surface area contributed by atoms with Crippen LogP contribution in [-0.2, 0) is 29.1 Å². The smallest absolute Gasteiger partial charge is 0.354 e. The van der Waals surface area contributed by atoms with Gasteiger partial charge in [0.2, 0.25) is 10.0 Å². The Kier molecular flexibility index (Phi) is 6.72. The third kappa shape index (κ3) is 4.81. The number of carbonyl (C=O) groups is 2. The van der Waals surface area contributed by atoms with Crippen LogP contribution in [0.5, 0.6) is 0 Å². The SMILES string of the molecule is COC(=O)/C=C(/Nc1ccc(S(=O)(=O)N2CCNCC2)cc1)C(=O)OC. The quantitative estimate of drug-likeness (QED) is 0.518. The van der Waals surface area contributed by atoms with Gasteiger partial charge in [-0.1, -0.05) is 0 Å². The van der Waals surface area contributed by atoms with Crippen LogP contribution in [-0.4, -0.2) is 65.1 Å². The highest BCUT2D eigenvalue weighted by atomic mass is 32.2. The second-order valence-electron chi connectivity index (χ2n) is 5.38. The number of esters is 2. The lowest BCUT2D eigenvalue weighted by Gasteiger charge is -2.26. The van der Waals surface area contributed by atoms with Gasteiger partial charge in [-0.25, -0.2) is 18.0 Å². The van der Waals surface area contributed by atoms with Crippen molar-refractivity contribution in [2.24, 2.45) is 0 Å². The standard InChI is InChI=1S/C16H21N3O6S/c1-24-15(20)11-14(16(21)25-2)18-12-3-5-13(6-4-12)26(22,23)19-9-7-17-8-10-19/h3-6,11,17-18H,7-10H2,1-2H3/b14-11+. The molecule has 1 heterocycles. The zero-order chi connectivity index (χ0) is 19.2. The maximum absolute atomic E-state index is 12.6. The lowest BCUT2D eigenvalue weighted by molar-refractivity contribution is -0.138. The largest absolute Gasteiger partial charge is 0.466 e. The molecule has 1 aliphatic rings. The first-order valence-corrected chi connectivity index (χ1v) is 9.28. The highest BCUT2D eigenvalue weighted by molar-refractivity contribution is 7.89. The fourth-order valence-corrected chi connectivity index (χ4v) is 3.77. The molecule has 2 N–H and O–H groups in total. The van der Waals surface area contributed by atoms with E-state index in [0.29, 0.717) is 31.9 Å². The monoisotopic (exact) mass is 383 g/mol. The number of nitrogens with zero attached hydrogens (tertiary/aromatic N) is 1. The highest BCUT2D eigenvalue weighted by Crippen LogP contribution is 2.20. The maximum Gasteiger partial charge on any atom is 0.354 e. The number of methoxy groups -OCH3 is 2. The summed E-state index contributed by atoms with van der Waals surface area (Å²) in [6.07, 6.45) is 0.956. The Morgan fingerprint density at radius 1 is 1.12 bits per heavy atom. The van der Waals surface area contributed by atoms with Gasteiger partial charge in [-0.2, -0.15) is 4.31 Å². The van der Waals surface area contributed by atoms with E-state index >= 15 is 0 Å². The number of hydrogen-bond donors (Lipinski definition) is 2. The zero-order valence-electron chi connectivity index (χ0n) is 14.5. The molecule has 1 aliphatic heterocycles. The van der Waals surface area contributed by atoms with Gasteiger partial charge < -0.3 is 20.1 Å². The lowest BCUT2D eigenvalue weighted by atomic mass is 10.3. The van der Waals surface area contributed by atoms with Crippen molar-refractivity contribution in [3.05, 3.63) is 36.0 Å². The molecule has 10 heteroatoms. The molecule has 0 atom stereocenters. The number of rotatable bonds is 6. The number of benzene rings is 1. The van der Waals surface area contributed by atoms with Gasteiger partial charge >= 0.3 is 11.9 Å². The van der Waals surface area contributed by atoms with E-state index in [1.807, 2.05) is 0 Å². The summed E-state index contributed by atoms with van der Waals surface area (Å²) in [5.74, 6) is -1.48. The minimum atomic E-state index is -3.57. The number of piperazine rings is 1. The van der Waals surface area contributed by atoms with Crippen molar-refractivity contribution < 1.29 is 27.5 Å². The molecule has 0 aromatic heterocycles. The van der Waals surface area contributed by atoms with Crippen LogP contribution in [0, 0.1) is 0 Å². The summed E-state index contributed by atoms with van der Waals surface area (Å²) in [5, 5.41) is 5.82. The lowest BCUT2D eigenvalue weighted by Crippen LogP contribution is -2.46. The molecule has 2 rings (SSSR count). The van der Waals surface area contributed by atoms with E-state index in [-0.39, 0.29) is 10.6 Å². The van der Waals surface area contributed by atoms with Crippen LogP contribution in [0.1, 0.15) is 0 Å². The van der Waals surface area contributed by atoms with Crippen molar-refractivity contribution in [1.82, 2.24) is 9.62 Å². The van der Waals surface area contributed by atoms with Crippen molar-refractivity contribution in [3.8, 4) is 0 Å². The van der Waals surface area contributed by atoms with Gasteiger partial charge in [0.15, 0.2) is 0 Å². The van der Waals surface area contributed by atoms with E-state index < -0.39 is 22.0 Å². The predicted molar refractivity (Wildman–Crippen MR) is 93.8 cm³/mol. The molecule has 0 amide bonds. The molecular weight excluding hydrogens is 362 g/mol. The first-order valence-electron chi connectivity index (χ1n) is 7.84. The molecule has 0 radical (unpaired) electrons. The highest BCUT2D eigenvalue weighted by Gasteiger charge is 2.25. The molecule has 142 valence electrons. The molecule has 0 bridgehead atoms. The molecular formula is C16H21N3O6S. The average molecular weight is 383 g/mol. The Labute approximate surface area is 152 Å². The summed E-state index contributed by atoms with van der Waals surface area (Å²) in [7, 11) is -1.20. The number of carbonyl (C=O) groups excluding carboxylic acids is 2. The Morgan fingerprint density at radius 3 is 2.27 bits per heavy atom. The van der Waals surface area contributed by atoms with Crippen LogP contribution in [0.15, 0.2) is 40.9 Å². The van der Waals surface area contributed by atoms with E-state index in [2.05, 4.69) is 20.1 Å². The summed E-state index contributed by atoms with van der Waals surface area (Å²) >= 11 is 0. The van der Waals surface area contributed by atoms with Crippen molar-refractivity contribution in [3.63, 3.8) is 0 Å². The van der Waals surface area contributed by atoms with Gasteiger partial charge in [0.25, 0.3) is 0 Å². The number of hydrogen-bond acceptors (Lipinski definition) is 8. The molecule has 9 nitrogen and oxygen atoms in total. The number of sulfonamides is 1. The molecule has 1 saturated heterocycles. The van der Waals surface area contributed by atoms with Crippen LogP contribution in [0.25, 0.3) is 0 Å². The molecule has 1 aromatic carbocycles. The van der Waals surface area contributed by atoms with E-state index in [9.17, 15) is 18.0 Å². The second-order valence-corrected chi connectivity index (χ2v) is 7.31. The van der Waals surface area contributed by atoms with E-state index in [4.69, 9.17) is 0 Å². The normalized spacial score (nSPS) is 16.0. The summed E-state index contributed by atoms with van der Waals surface area (Å²) in [6.45, 7) is 2.05. The third-order valence-electron chi connectivity index (χ3n) is 3.72. The summed E-state index contributed by atoms with van der Waals surface area (Å²) in [4.78, 5) is 23.2. The van der Waals surface area contributed by atoms with Crippen LogP contribution < -0.4 is 10.6 Å². The molecule has 0 aliphatic carbocycles. The van der Waals surface area contributed by atoms with Gasteiger partial charge in [0, 0.05) is 31.9 Å². The molecule has 0 saturated carbocycles. The van der Waals surface area contributed by atoms with Crippen LogP contribution >= 0.6 is 0 Å². The molecule has 0 spiro atoms. The number of anilines is 1. The number of nitrogens with one attached hydrogen (secondary N) is 2. The summed E-state index contributed by atoms with van der Waals surface area (Å²) in [6, 6.07) is 5.88. The van der Waals surface area contributed by atoms with Crippen molar-refractivity contribution in [1.29, 1.82) is 0 Å². The minimum Gasteiger partial charge on any atom is -0.466 e. The molecule has 26 heavy (non-hydrogen) atoms. The van der Waals surface area contributed by atoms with Gasteiger partial charge in [-0.3, -0.25) is 0 Å². The number of ether oxygens (including phenoxy) is 2. The van der Waals surface area contributed by atoms with Crippen LogP contribution in [0.2, 0.25) is 0 Å². The minimum absolute atomic E-state index is 0.128. The predicted octanol–water partition coefficient (Wildman–Crippen LogP) is -0.0777. The second kappa shape index (κ2) is 8.79. The third-order valence-corrected chi connectivity index (χ3v) is 5.63. The molecule has 1 fully saturated rings. The van der Waals surface area contributed by atoms with Crippen molar-refractivity contribution in [2.75, 3.05) is 45.7 Å². The Hall–Kier alpha value is -2.43. The average Bonchev–Trinajstić information content (AvgIpc) is 2.67. The van der Waals surface area contributed by atoms with E-state index in [1.165, 1.54) is 42.8 Å². The zero-order valence-corrected chi connectivity index (χ0v) is 15.3. The van der Waals surface area contributed by atoms with Gasteiger partial charge in [-0.05, 0) is 24.3 Å². The van der Waals surface area contributed by atoms with Gasteiger partial charge in [0.05, 0.1) is 25.2 Å². The molecule has 1 aromatic rings. The Balaban J connectivity index is 2.18. The fraction of sp³-hybridized carbons (Fsp3) is 0.375. The maximum atomic E-state index is 12.6. The molecule has 0 unspecified atom stereocenters. The van der Waals surface area contributed by atoms with E-state index in [1.54, 1.807) is 0 Å². The topological polar surface area (TPSA) is 114 Å².